The molecular weight excluding hydrogens is 439 g/mol. The number of aryl methyl sites for hydroxylation is 1. The smallest absolute Gasteiger partial charge is 0.338 e. The molecule has 1 aromatic carbocycles. The van der Waals surface area contributed by atoms with Crippen molar-refractivity contribution >= 4 is 50.8 Å². The third-order valence-corrected chi connectivity index (χ3v) is 5.56. The van der Waals surface area contributed by atoms with E-state index in [9.17, 15) is 14.9 Å². The summed E-state index contributed by atoms with van der Waals surface area (Å²) in [6.45, 7) is -0.377. The summed E-state index contributed by atoms with van der Waals surface area (Å²) in [5.41, 5.74) is 2.00. The first-order valence-corrected chi connectivity index (χ1v) is 9.25. The summed E-state index contributed by atoms with van der Waals surface area (Å²) < 4.78 is 5.95. The highest BCUT2D eigenvalue weighted by molar-refractivity contribution is 14.1. The third kappa shape index (κ3) is 3.60. The van der Waals surface area contributed by atoms with Gasteiger partial charge in [0.2, 0.25) is 0 Å². The average Bonchev–Trinajstić information content (AvgIpc) is 3.13. The van der Waals surface area contributed by atoms with Crippen LogP contribution >= 0.6 is 33.9 Å². The fourth-order valence-electron chi connectivity index (χ4n) is 2.60. The Hall–Kier alpha value is -1.92. The van der Waals surface area contributed by atoms with Gasteiger partial charge < -0.3 is 10.1 Å². The summed E-state index contributed by atoms with van der Waals surface area (Å²) in [4.78, 5) is 25.1. The number of thiophene rings is 1. The number of hydrogen-bond donors (Lipinski definition) is 1. The second-order valence-corrected chi connectivity index (χ2v) is 7.66. The first-order valence-electron chi connectivity index (χ1n) is 7.35. The van der Waals surface area contributed by atoms with Crippen LogP contribution in [0.3, 0.4) is 0 Å². The normalized spacial score (nSPS) is 12.3. The molecule has 0 bridgehead atoms. The van der Waals surface area contributed by atoms with Crippen LogP contribution in [0.5, 0.6) is 0 Å². The van der Waals surface area contributed by atoms with Crippen molar-refractivity contribution in [3.63, 3.8) is 0 Å². The van der Waals surface area contributed by atoms with Gasteiger partial charge in [-0.3, -0.25) is 4.79 Å². The van der Waals surface area contributed by atoms with Gasteiger partial charge >= 0.3 is 5.97 Å². The predicted octanol–water partition coefficient (Wildman–Crippen LogP) is 3.51. The van der Waals surface area contributed by atoms with Gasteiger partial charge in [0.1, 0.15) is 11.1 Å². The molecule has 1 N–H and O–H groups in total. The molecule has 1 amide bonds. The molecule has 122 valence electrons. The molecule has 24 heavy (non-hydrogen) atoms. The number of esters is 1. The highest BCUT2D eigenvalue weighted by atomic mass is 127. The van der Waals surface area contributed by atoms with Crippen molar-refractivity contribution in [2.24, 2.45) is 0 Å². The van der Waals surface area contributed by atoms with Gasteiger partial charge in [0.15, 0.2) is 6.61 Å². The van der Waals surface area contributed by atoms with E-state index < -0.39 is 11.9 Å². The molecule has 0 unspecified atom stereocenters. The number of carbonyl (C=O) groups excluding carboxylic acids is 2. The van der Waals surface area contributed by atoms with E-state index in [1.54, 1.807) is 18.2 Å². The van der Waals surface area contributed by atoms with E-state index in [2.05, 4.69) is 34.0 Å². The molecule has 3 rings (SSSR count). The van der Waals surface area contributed by atoms with Crippen LogP contribution in [0.25, 0.3) is 0 Å². The highest BCUT2D eigenvalue weighted by Crippen LogP contribution is 2.38. The lowest BCUT2D eigenvalue weighted by molar-refractivity contribution is -0.119. The summed E-state index contributed by atoms with van der Waals surface area (Å²) in [6.07, 6.45) is 2.88. The van der Waals surface area contributed by atoms with Gasteiger partial charge in [-0.2, -0.15) is 5.26 Å². The van der Waals surface area contributed by atoms with Crippen LogP contribution in [0.15, 0.2) is 24.3 Å². The van der Waals surface area contributed by atoms with Gasteiger partial charge in [0.25, 0.3) is 5.91 Å². The second-order valence-electron chi connectivity index (χ2n) is 5.31. The van der Waals surface area contributed by atoms with E-state index in [4.69, 9.17) is 4.74 Å². The first kappa shape index (κ1) is 16.9. The monoisotopic (exact) mass is 452 g/mol. The Morgan fingerprint density at radius 2 is 2.21 bits per heavy atom. The van der Waals surface area contributed by atoms with Crippen LogP contribution in [-0.2, 0) is 22.4 Å². The number of benzene rings is 1. The summed E-state index contributed by atoms with van der Waals surface area (Å²) >= 11 is 3.54. The first-order chi connectivity index (χ1) is 11.6. The standard InChI is InChI=1S/C17H13IN2O3S/c18-11-4-1-3-10(7-11)17(22)23-9-15(21)20-16-13(8-19)12-5-2-6-14(12)24-16/h1,3-4,7H,2,5-6,9H2,(H,20,21). The molecule has 0 spiro atoms. The Morgan fingerprint density at radius 1 is 1.38 bits per heavy atom. The molecule has 0 atom stereocenters. The van der Waals surface area contributed by atoms with E-state index in [-0.39, 0.29) is 6.61 Å². The number of anilines is 1. The summed E-state index contributed by atoms with van der Waals surface area (Å²) in [6, 6.07) is 9.12. The van der Waals surface area contributed by atoms with E-state index in [0.717, 1.165) is 33.3 Å². The maximum absolute atomic E-state index is 12.0. The van der Waals surface area contributed by atoms with E-state index in [1.807, 2.05) is 6.07 Å². The predicted molar refractivity (Wildman–Crippen MR) is 99.1 cm³/mol. The maximum atomic E-state index is 12.0. The number of fused-ring (bicyclic) bond motifs is 1. The molecule has 1 heterocycles. The lowest BCUT2D eigenvalue weighted by Gasteiger charge is -2.06. The van der Waals surface area contributed by atoms with Crippen molar-refractivity contribution in [1.82, 2.24) is 0 Å². The van der Waals surface area contributed by atoms with Crippen LogP contribution in [0.2, 0.25) is 0 Å². The molecule has 0 saturated heterocycles. The zero-order valence-electron chi connectivity index (χ0n) is 12.6. The van der Waals surface area contributed by atoms with Gasteiger partial charge in [0, 0.05) is 8.45 Å². The molecule has 0 radical (unpaired) electrons. The minimum absolute atomic E-state index is 0.377. The van der Waals surface area contributed by atoms with Crippen molar-refractivity contribution in [1.29, 1.82) is 5.26 Å². The Bertz CT molecular complexity index is 854. The molecule has 5 nitrogen and oxygen atoms in total. The molecular formula is C17H13IN2O3S. The number of carbonyl (C=O) groups is 2. The van der Waals surface area contributed by atoms with Gasteiger partial charge in [-0.15, -0.1) is 11.3 Å². The number of halogens is 1. The molecule has 2 aromatic rings. The molecule has 0 saturated carbocycles. The maximum Gasteiger partial charge on any atom is 0.338 e. The minimum Gasteiger partial charge on any atom is -0.452 e. The number of nitriles is 1. The van der Waals surface area contributed by atoms with Gasteiger partial charge in [0.05, 0.1) is 11.1 Å². The van der Waals surface area contributed by atoms with Gasteiger partial charge in [-0.25, -0.2) is 4.79 Å². The van der Waals surface area contributed by atoms with Crippen molar-refractivity contribution in [2.75, 3.05) is 11.9 Å². The largest absolute Gasteiger partial charge is 0.452 e. The van der Waals surface area contributed by atoms with Crippen LogP contribution in [-0.4, -0.2) is 18.5 Å². The van der Waals surface area contributed by atoms with Crippen molar-refractivity contribution in [2.45, 2.75) is 19.3 Å². The van der Waals surface area contributed by atoms with Gasteiger partial charge in [-0.05, 0) is 65.6 Å². The molecule has 0 fully saturated rings. The number of amides is 1. The quantitative estimate of drug-likeness (QED) is 0.569. The molecule has 1 aliphatic rings. The topological polar surface area (TPSA) is 79.2 Å². The van der Waals surface area contributed by atoms with Crippen LogP contribution in [0.1, 0.15) is 32.8 Å². The lowest BCUT2D eigenvalue weighted by atomic mass is 10.1. The van der Waals surface area contributed by atoms with E-state index >= 15 is 0 Å². The highest BCUT2D eigenvalue weighted by Gasteiger charge is 2.23. The van der Waals surface area contributed by atoms with Crippen molar-refractivity contribution < 1.29 is 14.3 Å². The number of hydrogen-bond acceptors (Lipinski definition) is 5. The number of nitrogens with one attached hydrogen (secondary N) is 1. The number of ether oxygens (including phenoxy) is 1. The molecule has 0 aliphatic heterocycles. The number of nitrogens with zero attached hydrogens (tertiary/aromatic N) is 1. The SMILES string of the molecule is N#Cc1c(NC(=O)COC(=O)c2cccc(I)c2)sc2c1CCC2. The summed E-state index contributed by atoms with van der Waals surface area (Å²) in [5.74, 6) is -0.983. The summed E-state index contributed by atoms with van der Waals surface area (Å²) in [5, 5.41) is 12.5. The minimum atomic E-state index is -0.544. The van der Waals surface area contributed by atoms with E-state index in [0.29, 0.717) is 16.1 Å². The molecule has 7 heteroatoms. The van der Waals surface area contributed by atoms with Crippen LogP contribution in [0, 0.1) is 14.9 Å². The Morgan fingerprint density at radius 3 is 2.96 bits per heavy atom. The molecule has 1 aromatic heterocycles. The van der Waals surface area contributed by atoms with Crippen LogP contribution in [0.4, 0.5) is 5.00 Å². The van der Waals surface area contributed by atoms with Crippen LogP contribution < -0.4 is 5.32 Å². The van der Waals surface area contributed by atoms with Crippen molar-refractivity contribution in [3.8, 4) is 6.07 Å². The Kier molecular flexibility index (Phi) is 5.16. The van der Waals surface area contributed by atoms with Crippen molar-refractivity contribution in [3.05, 3.63) is 49.4 Å². The second kappa shape index (κ2) is 7.32. The number of rotatable bonds is 4. The Labute approximate surface area is 156 Å². The summed E-state index contributed by atoms with van der Waals surface area (Å²) in [7, 11) is 0. The lowest BCUT2D eigenvalue weighted by Crippen LogP contribution is -2.21. The zero-order valence-corrected chi connectivity index (χ0v) is 15.6. The Balaban J connectivity index is 1.61. The average molecular weight is 452 g/mol. The fourth-order valence-corrected chi connectivity index (χ4v) is 4.40. The zero-order chi connectivity index (χ0) is 17.1. The molecule has 1 aliphatic carbocycles. The van der Waals surface area contributed by atoms with E-state index in [1.165, 1.54) is 11.3 Å². The fraction of sp³-hybridized carbons (Fsp3) is 0.235. The third-order valence-electron chi connectivity index (χ3n) is 3.68. The van der Waals surface area contributed by atoms with Gasteiger partial charge in [-0.1, -0.05) is 6.07 Å².